The van der Waals surface area contributed by atoms with Gasteiger partial charge in [-0.3, -0.25) is 18.6 Å². The Morgan fingerprint density at radius 1 is 0.562 bits per heavy atom. The number of unbranched alkanes of at least 4 members (excludes halogenated alkanes) is 13. The molecule has 1 aliphatic rings. The lowest BCUT2D eigenvalue weighted by molar-refractivity contribution is -0.220. The first kappa shape index (κ1) is 59.3. The minimum atomic E-state index is -5.19. The lowest BCUT2D eigenvalue weighted by Gasteiger charge is -2.41. The van der Waals surface area contributed by atoms with Crippen LogP contribution in [0.3, 0.4) is 0 Å². The van der Waals surface area contributed by atoms with Gasteiger partial charge in [0, 0.05) is 12.8 Å². The first-order valence-corrected chi connectivity index (χ1v) is 25.3. The van der Waals surface area contributed by atoms with Crippen LogP contribution in [0.4, 0.5) is 0 Å². The number of aliphatic hydroxyl groups is 6. The van der Waals surface area contributed by atoms with Crippen LogP contribution in [0, 0.1) is 0 Å². The number of hydrogen-bond acceptors (Lipinski definition) is 13. The van der Waals surface area contributed by atoms with Crippen molar-refractivity contribution in [2.45, 2.75) is 210 Å². The van der Waals surface area contributed by atoms with Crippen LogP contribution in [-0.2, 0) is 32.7 Å². The summed E-state index contributed by atoms with van der Waals surface area (Å²) in [6.07, 6.45) is 31.2. The van der Waals surface area contributed by atoms with Gasteiger partial charge in [0.2, 0.25) is 0 Å². The Labute approximate surface area is 383 Å². The van der Waals surface area contributed by atoms with E-state index in [2.05, 4.69) is 50.3 Å². The molecule has 1 rings (SSSR count). The van der Waals surface area contributed by atoms with Crippen molar-refractivity contribution in [1.29, 1.82) is 0 Å². The van der Waals surface area contributed by atoms with Crippen LogP contribution in [0.2, 0.25) is 0 Å². The lowest BCUT2D eigenvalue weighted by atomic mass is 9.85. The molecule has 1 aliphatic carbocycles. The highest BCUT2D eigenvalue weighted by Crippen LogP contribution is 2.47. The van der Waals surface area contributed by atoms with E-state index < -0.39 is 81.8 Å². The number of rotatable bonds is 38. The third kappa shape index (κ3) is 30.5. The van der Waals surface area contributed by atoms with Crippen LogP contribution in [-0.4, -0.2) is 110 Å². The monoisotopic (exact) mass is 927 g/mol. The third-order valence-corrected chi connectivity index (χ3v) is 11.6. The number of phosphoric ester groups is 1. The number of allylic oxidation sites excluding steroid dienone is 11. The van der Waals surface area contributed by atoms with E-state index in [-0.39, 0.29) is 25.7 Å². The van der Waals surface area contributed by atoms with Gasteiger partial charge in [-0.1, -0.05) is 151 Å². The molecule has 9 atom stereocenters. The summed E-state index contributed by atoms with van der Waals surface area (Å²) in [4.78, 5) is 35.7. The molecule has 7 N–H and O–H groups in total. The second-order valence-corrected chi connectivity index (χ2v) is 17.9. The summed E-state index contributed by atoms with van der Waals surface area (Å²) in [5.74, 6) is -1.36. The Hall–Kier alpha value is -2.75. The summed E-state index contributed by atoms with van der Waals surface area (Å²) >= 11 is 0. The van der Waals surface area contributed by atoms with E-state index in [1.54, 1.807) is 12.2 Å². The standard InChI is InChI=1S/C49H83O14P/c1-3-5-7-9-11-13-15-17-18-19-20-22-24-26-28-30-32-36-42(51)60-38-41(39-61-64(58,59)63-49-47(56)45(54)44(53)46(55)48(49)57)62-43(52)37-33-35-40(50)34-31-29-27-25-23-21-16-14-12-10-8-6-4-2/h17-18,20-23,26-29,31,34,40-41,44-50,53-57H,3-16,19,24-25,30,32-33,35-39H2,1-2H3,(H,58,59)/b18-17-,22-20-,23-21+,28-26-,29-27+,34-31+/t40?,41-,44?,45-,46+,47-,48-,49?/m1/s1. The Balaban J connectivity index is 2.58. The summed E-state index contributed by atoms with van der Waals surface area (Å²) in [5, 5.41) is 60.5. The van der Waals surface area contributed by atoms with Gasteiger partial charge in [-0.2, -0.15) is 0 Å². The summed E-state index contributed by atoms with van der Waals surface area (Å²) < 4.78 is 33.3. The number of esters is 2. The van der Waals surface area contributed by atoms with Gasteiger partial charge in [0.1, 0.15) is 43.2 Å². The molecule has 0 amide bonds. The molecule has 0 aromatic rings. The van der Waals surface area contributed by atoms with Gasteiger partial charge in [0.05, 0.1) is 12.7 Å². The van der Waals surface area contributed by atoms with E-state index in [0.29, 0.717) is 12.8 Å². The minimum Gasteiger partial charge on any atom is -0.462 e. The van der Waals surface area contributed by atoms with Crippen LogP contribution < -0.4 is 0 Å². The summed E-state index contributed by atoms with van der Waals surface area (Å²) in [7, 11) is -5.19. The second-order valence-electron chi connectivity index (χ2n) is 16.5. The van der Waals surface area contributed by atoms with Crippen LogP contribution in [0.1, 0.15) is 162 Å². The zero-order valence-corrected chi connectivity index (χ0v) is 39.6. The number of phosphoric acid groups is 1. The highest BCUT2D eigenvalue weighted by atomic mass is 31.2. The van der Waals surface area contributed by atoms with Crippen molar-refractivity contribution < 1.29 is 68.2 Å². The first-order valence-electron chi connectivity index (χ1n) is 23.8. The van der Waals surface area contributed by atoms with Crippen molar-refractivity contribution in [3.05, 3.63) is 72.9 Å². The number of hydrogen-bond donors (Lipinski definition) is 7. The average Bonchev–Trinajstić information content (AvgIpc) is 3.27. The molecule has 368 valence electrons. The average molecular weight is 927 g/mol. The SMILES string of the molecule is CCCCCCCC/C=C\C/C=C\C/C=C\CCCC(=O)OC[C@H](COP(=O)(O)OC1[C@H](O)[C@H](O)C(O)[C@H](O)[C@H]1O)OC(=O)CCCC(O)/C=C/C=C/C/C=C/CCCCCCCC. The Bertz CT molecular complexity index is 1410. The lowest BCUT2D eigenvalue weighted by Crippen LogP contribution is -2.64. The number of carbonyl (C=O) groups is 2. The van der Waals surface area contributed by atoms with Crippen molar-refractivity contribution in [2.75, 3.05) is 13.2 Å². The smallest absolute Gasteiger partial charge is 0.462 e. The zero-order chi connectivity index (χ0) is 47.3. The van der Waals surface area contributed by atoms with Crippen LogP contribution in [0.25, 0.3) is 0 Å². The molecular weight excluding hydrogens is 843 g/mol. The van der Waals surface area contributed by atoms with E-state index in [9.17, 15) is 49.7 Å². The molecule has 64 heavy (non-hydrogen) atoms. The maximum atomic E-state index is 12.8. The number of carbonyl (C=O) groups excluding carboxylic acids is 2. The van der Waals surface area contributed by atoms with Gasteiger partial charge < -0.3 is 45.0 Å². The van der Waals surface area contributed by atoms with Crippen molar-refractivity contribution in [2.24, 2.45) is 0 Å². The van der Waals surface area contributed by atoms with E-state index in [4.69, 9.17) is 18.5 Å². The van der Waals surface area contributed by atoms with Gasteiger partial charge in [-0.15, -0.1) is 0 Å². The molecule has 4 unspecified atom stereocenters. The normalized spacial score (nSPS) is 22.7. The topological polar surface area (TPSA) is 230 Å². The van der Waals surface area contributed by atoms with Gasteiger partial charge in [-0.25, -0.2) is 4.57 Å². The fourth-order valence-corrected chi connectivity index (χ4v) is 7.70. The van der Waals surface area contributed by atoms with Gasteiger partial charge >= 0.3 is 19.8 Å². The zero-order valence-electron chi connectivity index (χ0n) is 38.7. The fourth-order valence-electron chi connectivity index (χ4n) is 6.72. The molecule has 1 fully saturated rings. The van der Waals surface area contributed by atoms with E-state index in [1.807, 2.05) is 24.3 Å². The van der Waals surface area contributed by atoms with Gasteiger partial charge in [-0.05, 0) is 70.6 Å². The first-order chi connectivity index (χ1) is 30.8. The molecule has 0 bridgehead atoms. The molecule has 0 aromatic carbocycles. The Kier molecular flexibility index (Phi) is 35.5. The largest absolute Gasteiger partial charge is 0.472 e. The van der Waals surface area contributed by atoms with Crippen LogP contribution in [0.5, 0.6) is 0 Å². The molecule has 14 nitrogen and oxygen atoms in total. The highest BCUT2D eigenvalue weighted by molar-refractivity contribution is 7.47. The van der Waals surface area contributed by atoms with Gasteiger partial charge in [0.25, 0.3) is 0 Å². The van der Waals surface area contributed by atoms with E-state index in [0.717, 1.165) is 32.1 Å². The van der Waals surface area contributed by atoms with Crippen LogP contribution in [0.15, 0.2) is 72.9 Å². The van der Waals surface area contributed by atoms with Gasteiger partial charge in [0.15, 0.2) is 6.10 Å². The number of aliphatic hydroxyl groups excluding tert-OH is 6. The molecule has 0 heterocycles. The maximum absolute atomic E-state index is 12.8. The third-order valence-electron chi connectivity index (χ3n) is 10.6. The molecule has 15 heteroatoms. The predicted molar refractivity (Wildman–Crippen MR) is 250 cm³/mol. The summed E-state index contributed by atoms with van der Waals surface area (Å²) in [5.41, 5.74) is 0. The predicted octanol–water partition coefficient (Wildman–Crippen LogP) is 8.47. The molecule has 0 aliphatic heterocycles. The second kappa shape index (κ2) is 38.4. The Morgan fingerprint density at radius 2 is 1.03 bits per heavy atom. The van der Waals surface area contributed by atoms with Crippen molar-refractivity contribution in [1.82, 2.24) is 0 Å². The van der Waals surface area contributed by atoms with E-state index in [1.165, 1.54) is 77.0 Å². The molecule has 0 radical (unpaired) electrons. The number of ether oxygens (including phenoxy) is 2. The highest BCUT2D eigenvalue weighted by Gasteiger charge is 2.51. The molecule has 1 saturated carbocycles. The molecule has 0 saturated heterocycles. The quantitative estimate of drug-likeness (QED) is 0.0101. The van der Waals surface area contributed by atoms with Crippen molar-refractivity contribution in [3.8, 4) is 0 Å². The minimum absolute atomic E-state index is 0.0528. The molecule has 0 spiro atoms. The van der Waals surface area contributed by atoms with E-state index >= 15 is 0 Å². The molecular formula is C49H83O14P. The van der Waals surface area contributed by atoms with Crippen molar-refractivity contribution in [3.63, 3.8) is 0 Å². The van der Waals surface area contributed by atoms with Crippen molar-refractivity contribution >= 4 is 19.8 Å². The summed E-state index contributed by atoms with van der Waals surface area (Å²) in [6.45, 7) is 3.08. The van der Waals surface area contributed by atoms with Crippen LogP contribution >= 0.6 is 7.82 Å². The fraction of sp³-hybridized carbons (Fsp3) is 0.714. The molecule has 0 aromatic heterocycles. The summed E-state index contributed by atoms with van der Waals surface area (Å²) in [6, 6.07) is 0. The Morgan fingerprint density at radius 3 is 1.59 bits per heavy atom. The maximum Gasteiger partial charge on any atom is 0.472 e.